The summed E-state index contributed by atoms with van der Waals surface area (Å²) in [6.45, 7) is 0. The Morgan fingerprint density at radius 1 is 1.00 bits per heavy atom. The third-order valence-corrected chi connectivity index (χ3v) is 2.38. The molecule has 0 aliphatic carbocycles. The summed E-state index contributed by atoms with van der Waals surface area (Å²) < 4.78 is 26.5. The Balaban J connectivity index is 2.56. The third-order valence-electron chi connectivity index (χ3n) is 2.38. The first-order chi connectivity index (χ1) is 9.00. The molecule has 7 heteroatoms. The average molecular weight is 264 g/mol. The zero-order chi connectivity index (χ0) is 14.0. The van der Waals surface area contributed by atoms with Crippen molar-refractivity contribution in [2.24, 2.45) is 0 Å². The van der Waals surface area contributed by atoms with Crippen LogP contribution in [0, 0.1) is 11.6 Å². The average Bonchev–Trinajstić information content (AvgIpc) is 2.40. The van der Waals surface area contributed by atoms with Crippen LogP contribution in [0.3, 0.4) is 0 Å². The van der Waals surface area contributed by atoms with E-state index in [1.165, 1.54) is 0 Å². The molecule has 0 saturated heterocycles. The summed E-state index contributed by atoms with van der Waals surface area (Å²) in [5, 5.41) is 15.6. The molecular weight excluding hydrogens is 258 g/mol. The van der Waals surface area contributed by atoms with Crippen molar-refractivity contribution in [2.75, 3.05) is 0 Å². The molecule has 96 valence electrons. The van der Waals surface area contributed by atoms with Crippen molar-refractivity contribution < 1.29 is 23.5 Å². The molecule has 1 aromatic carbocycles. The van der Waals surface area contributed by atoms with Crippen molar-refractivity contribution in [3.8, 4) is 0 Å². The van der Waals surface area contributed by atoms with E-state index >= 15 is 0 Å². The second-order valence-electron chi connectivity index (χ2n) is 3.57. The largest absolute Gasteiger partial charge is 0.478 e. The van der Waals surface area contributed by atoms with Gasteiger partial charge in [-0.1, -0.05) is 0 Å². The molecule has 0 aliphatic heterocycles. The molecule has 0 aliphatic rings. The van der Waals surface area contributed by atoms with Crippen molar-refractivity contribution >= 4 is 11.8 Å². The van der Waals surface area contributed by atoms with Gasteiger partial charge in [0.25, 0.3) is 0 Å². The quantitative estimate of drug-likeness (QED) is 0.853. The van der Waals surface area contributed by atoms with Crippen molar-refractivity contribution in [3.63, 3.8) is 0 Å². The summed E-state index contributed by atoms with van der Waals surface area (Å²) in [6.07, 6.45) is 1.77. The highest BCUT2D eigenvalue weighted by atomic mass is 19.1. The minimum Gasteiger partial charge on any atom is -0.478 e. The minimum absolute atomic E-state index is 0.355. The number of carbonyl (C=O) groups excluding carboxylic acids is 1. The van der Waals surface area contributed by atoms with Crippen LogP contribution in [-0.2, 0) is 0 Å². The first-order valence-corrected chi connectivity index (χ1v) is 5.04. The maximum absolute atomic E-state index is 13.5. The fourth-order valence-corrected chi connectivity index (χ4v) is 1.49. The molecule has 2 rings (SSSR count). The Labute approximate surface area is 105 Å². The van der Waals surface area contributed by atoms with E-state index in [1.54, 1.807) is 0 Å². The van der Waals surface area contributed by atoms with Crippen molar-refractivity contribution in [1.82, 2.24) is 10.2 Å². The number of aromatic carboxylic acids is 1. The summed E-state index contributed by atoms with van der Waals surface area (Å²) in [6, 6.07) is 2.34. The van der Waals surface area contributed by atoms with Crippen molar-refractivity contribution in [3.05, 3.63) is 58.9 Å². The van der Waals surface area contributed by atoms with Crippen LogP contribution in [0.1, 0.15) is 26.3 Å². The van der Waals surface area contributed by atoms with Gasteiger partial charge in [0.2, 0.25) is 0 Å². The number of ketones is 1. The Morgan fingerprint density at radius 2 is 1.63 bits per heavy atom. The number of rotatable bonds is 3. The zero-order valence-corrected chi connectivity index (χ0v) is 9.30. The fraction of sp³-hybridized carbons (Fsp3) is 0. The molecule has 5 nitrogen and oxygen atoms in total. The predicted molar refractivity (Wildman–Crippen MR) is 58.8 cm³/mol. The van der Waals surface area contributed by atoms with Gasteiger partial charge in [-0.25, -0.2) is 13.6 Å². The molecule has 1 heterocycles. The SMILES string of the molecule is O=C(O)c1cnncc1C(=O)c1cc(F)ccc1F. The summed E-state index contributed by atoms with van der Waals surface area (Å²) >= 11 is 0. The number of carboxylic acids is 1. The molecule has 2 aromatic rings. The number of hydrogen-bond donors (Lipinski definition) is 1. The van der Waals surface area contributed by atoms with Crippen LogP contribution in [0.15, 0.2) is 30.6 Å². The van der Waals surface area contributed by atoms with Gasteiger partial charge < -0.3 is 5.11 Å². The third kappa shape index (κ3) is 2.44. The molecule has 19 heavy (non-hydrogen) atoms. The van der Waals surface area contributed by atoms with E-state index in [0.29, 0.717) is 6.07 Å². The lowest BCUT2D eigenvalue weighted by molar-refractivity contribution is 0.0692. The molecule has 0 amide bonds. The van der Waals surface area contributed by atoms with Crippen LogP contribution in [0.4, 0.5) is 8.78 Å². The van der Waals surface area contributed by atoms with Crippen LogP contribution < -0.4 is 0 Å². The second-order valence-corrected chi connectivity index (χ2v) is 3.57. The Morgan fingerprint density at radius 3 is 2.26 bits per heavy atom. The minimum atomic E-state index is -1.41. The standard InChI is InChI=1S/C12H6F2N2O3/c13-6-1-2-10(14)7(3-6)11(17)8-4-15-16-5-9(8)12(18)19/h1-5H,(H,18,19). The van der Waals surface area contributed by atoms with Gasteiger partial charge >= 0.3 is 5.97 Å². The smallest absolute Gasteiger partial charge is 0.338 e. The molecule has 1 aromatic heterocycles. The van der Waals surface area contributed by atoms with E-state index in [1.807, 2.05) is 0 Å². The monoisotopic (exact) mass is 264 g/mol. The van der Waals surface area contributed by atoms with Gasteiger partial charge in [0.15, 0.2) is 5.78 Å². The van der Waals surface area contributed by atoms with Gasteiger partial charge in [-0.05, 0) is 18.2 Å². The van der Waals surface area contributed by atoms with Crippen LogP contribution in [0.25, 0.3) is 0 Å². The molecular formula is C12H6F2N2O3. The Kier molecular flexibility index (Phi) is 3.28. The summed E-state index contributed by atoms with van der Waals surface area (Å²) in [5.41, 5.74) is -1.34. The molecule has 1 N–H and O–H groups in total. The first kappa shape index (κ1) is 12.7. The van der Waals surface area contributed by atoms with E-state index in [-0.39, 0.29) is 5.56 Å². The lowest BCUT2D eigenvalue weighted by Crippen LogP contribution is -2.12. The molecule has 0 unspecified atom stereocenters. The molecule has 0 radical (unpaired) electrons. The summed E-state index contributed by atoms with van der Waals surface area (Å²) in [5.74, 6) is -4.12. The summed E-state index contributed by atoms with van der Waals surface area (Å²) in [4.78, 5) is 22.9. The lowest BCUT2D eigenvalue weighted by atomic mass is 10.0. The topological polar surface area (TPSA) is 80.2 Å². The second kappa shape index (κ2) is 4.89. The van der Waals surface area contributed by atoms with Crippen LogP contribution in [-0.4, -0.2) is 27.1 Å². The van der Waals surface area contributed by atoms with Gasteiger partial charge in [-0.3, -0.25) is 4.79 Å². The van der Waals surface area contributed by atoms with Gasteiger partial charge in [0, 0.05) is 0 Å². The van der Waals surface area contributed by atoms with Crippen LogP contribution >= 0.6 is 0 Å². The first-order valence-electron chi connectivity index (χ1n) is 5.04. The number of carbonyl (C=O) groups is 2. The van der Waals surface area contributed by atoms with Gasteiger partial charge in [-0.2, -0.15) is 10.2 Å². The number of nitrogens with zero attached hydrogens (tertiary/aromatic N) is 2. The van der Waals surface area contributed by atoms with Gasteiger partial charge in [0.05, 0.1) is 29.1 Å². The number of carboxylic acid groups (broad SMARTS) is 1. The fourth-order valence-electron chi connectivity index (χ4n) is 1.49. The maximum Gasteiger partial charge on any atom is 0.338 e. The Hall–Kier alpha value is -2.70. The highest BCUT2D eigenvalue weighted by Gasteiger charge is 2.21. The van der Waals surface area contributed by atoms with Gasteiger partial charge in [0.1, 0.15) is 11.6 Å². The summed E-state index contributed by atoms with van der Waals surface area (Å²) in [7, 11) is 0. The molecule has 0 saturated carbocycles. The van der Waals surface area contributed by atoms with Crippen LogP contribution in [0.2, 0.25) is 0 Å². The number of hydrogen-bond acceptors (Lipinski definition) is 4. The molecule has 0 fully saturated rings. The normalized spacial score (nSPS) is 10.2. The van der Waals surface area contributed by atoms with E-state index in [2.05, 4.69) is 10.2 Å². The number of halogens is 2. The van der Waals surface area contributed by atoms with E-state index in [9.17, 15) is 18.4 Å². The Bertz CT molecular complexity index is 674. The predicted octanol–water partition coefficient (Wildman–Crippen LogP) is 1.68. The molecule has 0 spiro atoms. The highest BCUT2D eigenvalue weighted by molar-refractivity contribution is 6.14. The zero-order valence-electron chi connectivity index (χ0n) is 9.30. The number of aromatic nitrogens is 2. The number of benzene rings is 1. The van der Waals surface area contributed by atoms with Crippen molar-refractivity contribution in [1.29, 1.82) is 0 Å². The van der Waals surface area contributed by atoms with Gasteiger partial charge in [-0.15, -0.1) is 0 Å². The molecule has 0 bridgehead atoms. The van der Waals surface area contributed by atoms with E-state index in [4.69, 9.17) is 5.11 Å². The van der Waals surface area contributed by atoms with E-state index in [0.717, 1.165) is 24.5 Å². The maximum atomic E-state index is 13.5. The molecule has 0 atom stereocenters. The van der Waals surface area contributed by atoms with Crippen molar-refractivity contribution in [2.45, 2.75) is 0 Å². The lowest BCUT2D eigenvalue weighted by Gasteiger charge is -2.05. The highest BCUT2D eigenvalue weighted by Crippen LogP contribution is 2.17. The van der Waals surface area contributed by atoms with Crippen LogP contribution in [0.5, 0.6) is 0 Å². The van der Waals surface area contributed by atoms with E-state index < -0.39 is 34.5 Å².